The second-order valence-corrected chi connectivity index (χ2v) is 6.23. The van der Waals surface area contributed by atoms with Gasteiger partial charge in [-0.2, -0.15) is 0 Å². The van der Waals surface area contributed by atoms with Gasteiger partial charge >= 0.3 is 0 Å². The maximum absolute atomic E-state index is 5.56. The van der Waals surface area contributed by atoms with E-state index in [-0.39, 0.29) is 6.04 Å². The van der Waals surface area contributed by atoms with E-state index in [0.29, 0.717) is 6.54 Å². The molecule has 0 aliphatic carbocycles. The van der Waals surface area contributed by atoms with E-state index in [1.165, 1.54) is 16.0 Å². The third-order valence-electron chi connectivity index (χ3n) is 4.08. The topological polar surface area (TPSA) is 21.7 Å². The average Bonchev–Trinajstić information content (AvgIpc) is 3.07. The molecule has 0 bridgehead atoms. The van der Waals surface area contributed by atoms with Gasteiger partial charge in [0.25, 0.3) is 0 Å². The second-order valence-electron chi connectivity index (χ2n) is 5.25. The lowest BCUT2D eigenvalue weighted by Crippen LogP contribution is -2.36. The molecule has 1 aliphatic heterocycles. The Bertz CT molecular complexity index is 688. The Labute approximate surface area is 135 Å². The van der Waals surface area contributed by atoms with E-state index < -0.39 is 0 Å². The van der Waals surface area contributed by atoms with Gasteiger partial charge < -0.3 is 9.47 Å². The van der Waals surface area contributed by atoms with Gasteiger partial charge in [-0.1, -0.05) is 12.0 Å². The summed E-state index contributed by atoms with van der Waals surface area (Å²) in [5, 5.41) is 2.11. The number of ether oxygens (including phenoxy) is 2. The molecule has 1 atom stereocenters. The highest BCUT2D eigenvalue weighted by Crippen LogP contribution is 2.41. The molecule has 3 nitrogen and oxygen atoms in total. The zero-order valence-electron chi connectivity index (χ0n) is 12.8. The molecule has 0 saturated carbocycles. The molecule has 0 fully saturated rings. The predicted octanol–water partition coefficient (Wildman–Crippen LogP) is 3.35. The van der Waals surface area contributed by atoms with Crippen LogP contribution >= 0.6 is 11.3 Å². The molecule has 0 radical (unpaired) electrons. The number of methoxy groups -OCH3 is 2. The summed E-state index contributed by atoms with van der Waals surface area (Å²) in [6.45, 7) is 1.60. The smallest absolute Gasteiger partial charge is 0.161 e. The van der Waals surface area contributed by atoms with Crippen LogP contribution in [-0.2, 0) is 6.42 Å². The lowest BCUT2D eigenvalue weighted by atomic mass is 9.91. The van der Waals surface area contributed by atoms with Crippen molar-refractivity contribution in [1.82, 2.24) is 4.90 Å². The number of fused-ring (bicyclic) bond motifs is 1. The van der Waals surface area contributed by atoms with Crippen LogP contribution in [-0.4, -0.2) is 32.2 Å². The normalized spacial score (nSPS) is 17.6. The molecule has 0 amide bonds. The van der Waals surface area contributed by atoms with Crippen LogP contribution in [0.15, 0.2) is 29.6 Å². The molecule has 0 saturated heterocycles. The van der Waals surface area contributed by atoms with E-state index in [4.69, 9.17) is 15.9 Å². The molecular weight excluding hydrogens is 294 g/mol. The lowest BCUT2D eigenvalue weighted by molar-refractivity contribution is 0.242. The molecule has 0 spiro atoms. The summed E-state index contributed by atoms with van der Waals surface area (Å²) in [4.78, 5) is 3.66. The van der Waals surface area contributed by atoms with Crippen molar-refractivity contribution >= 4 is 11.3 Å². The standard InChI is InChI=1S/C18H19NO2S/c1-4-8-19-9-7-13-11-15(20-2)16(21-3)12-14(13)18(19)17-6-5-10-22-17/h1,5-6,10-12,18H,7-9H2,2-3H3/t18-/m0/s1. The highest BCUT2D eigenvalue weighted by Gasteiger charge is 2.30. The number of benzene rings is 1. The van der Waals surface area contributed by atoms with Crippen molar-refractivity contribution in [3.8, 4) is 23.8 Å². The quantitative estimate of drug-likeness (QED) is 0.808. The van der Waals surface area contributed by atoms with Crippen LogP contribution < -0.4 is 9.47 Å². The fraction of sp³-hybridized carbons (Fsp3) is 0.333. The molecule has 1 aromatic heterocycles. The van der Waals surface area contributed by atoms with Crippen LogP contribution in [0, 0.1) is 12.3 Å². The molecule has 4 heteroatoms. The number of terminal acetylenes is 1. The number of rotatable bonds is 4. The molecule has 0 N–H and O–H groups in total. The largest absolute Gasteiger partial charge is 0.493 e. The van der Waals surface area contributed by atoms with Gasteiger partial charge in [-0.3, -0.25) is 4.90 Å². The van der Waals surface area contributed by atoms with Crippen molar-refractivity contribution in [1.29, 1.82) is 0 Å². The van der Waals surface area contributed by atoms with E-state index in [0.717, 1.165) is 24.5 Å². The van der Waals surface area contributed by atoms with E-state index in [2.05, 4.69) is 40.5 Å². The van der Waals surface area contributed by atoms with E-state index >= 15 is 0 Å². The number of thiophene rings is 1. The van der Waals surface area contributed by atoms with Gasteiger partial charge in [0.1, 0.15) is 0 Å². The Kier molecular flexibility index (Phi) is 4.37. The summed E-state index contributed by atoms with van der Waals surface area (Å²) in [7, 11) is 3.35. The molecule has 2 heterocycles. The highest BCUT2D eigenvalue weighted by molar-refractivity contribution is 7.10. The SMILES string of the molecule is C#CCN1CCc2cc(OC)c(OC)cc2[C@H]1c1cccs1. The van der Waals surface area contributed by atoms with Gasteiger partial charge in [0.2, 0.25) is 0 Å². The summed E-state index contributed by atoms with van der Waals surface area (Å²) >= 11 is 1.76. The van der Waals surface area contributed by atoms with E-state index in [9.17, 15) is 0 Å². The Morgan fingerprint density at radius 1 is 1.32 bits per heavy atom. The van der Waals surface area contributed by atoms with Gasteiger partial charge in [0.05, 0.1) is 26.8 Å². The van der Waals surface area contributed by atoms with Crippen LogP contribution in [0.4, 0.5) is 0 Å². The first kappa shape index (κ1) is 15.0. The first-order valence-corrected chi connectivity index (χ1v) is 8.12. The van der Waals surface area contributed by atoms with Crippen molar-refractivity contribution in [3.63, 3.8) is 0 Å². The molecular formula is C18H19NO2S. The van der Waals surface area contributed by atoms with Gasteiger partial charge in [-0.25, -0.2) is 0 Å². The van der Waals surface area contributed by atoms with Crippen LogP contribution in [0.2, 0.25) is 0 Å². The fourth-order valence-corrected chi connectivity index (χ4v) is 3.94. The van der Waals surface area contributed by atoms with E-state index in [1.54, 1.807) is 25.6 Å². The fourth-order valence-electron chi connectivity index (χ4n) is 3.07. The van der Waals surface area contributed by atoms with Crippen molar-refractivity contribution in [2.45, 2.75) is 12.5 Å². The Morgan fingerprint density at radius 3 is 2.73 bits per heavy atom. The Morgan fingerprint density at radius 2 is 2.09 bits per heavy atom. The van der Waals surface area contributed by atoms with Crippen molar-refractivity contribution < 1.29 is 9.47 Å². The summed E-state index contributed by atoms with van der Waals surface area (Å²) in [5.41, 5.74) is 2.57. The zero-order chi connectivity index (χ0) is 15.5. The average molecular weight is 313 g/mol. The molecule has 114 valence electrons. The summed E-state index contributed by atoms with van der Waals surface area (Å²) < 4.78 is 10.9. The summed E-state index contributed by atoms with van der Waals surface area (Å²) in [6.07, 6.45) is 6.54. The second kappa shape index (κ2) is 6.43. The molecule has 1 aromatic carbocycles. The summed E-state index contributed by atoms with van der Waals surface area (Å²) in [5.74, 6) is 4.34. The highest BCUT2D eigenvalue weighted by atomic mass is 32.1. The molecule has 2 aromatic rings. The maximum Gasteiger partial charge on any atom is 0.161 e. The lowest BCUT2D eigenvalue weighted by Gasteiger charge is -2.36. The zero-order valence-corrected chi connectivity index (χ0v) is 13.7. The van der Waals surface area contributed by atoms with Crippen LogP contribution in [0.3, 0.4) is 0 Å². The number of hydrogen-bond acceptors (Lipinski definition) is 4. The van der Waals surface area contributed by atoms with Crippen molar-refractivity contribution in [3.05, 3.63) is 45.6 Å². The number of hydrogen-bond donors (Lipinski definition) is 0. The molecule has 22 heavy (non-hydrogen) atoms. The van der Waals surface area contributed by atoms with Gasteiger partial charge in [-0.15, -0.1) is 17.8 Å². The Hall–Kier alpha value is -1.96. The van der Waals surface area contributed by atoms with Crippen LogP contribution in [0.5, 0.6) is 11.5 Å². The van der Waals surface area contributed by atoms with Gasteiger partial charge in [0, 0.05) is 11.4 Å². The van der Waals surface area contributed by atoms with Crippen LogP contribution in [0.25, 0.3) is 0 Å². The molecule has 1 aliphatic rings. The third kappa shape index (κ3) is 2.58. The van der Waals surface area contributed by atoms with Gasteiger partial charge in [-0.05, 0) is 41.1 Å². The minimum Gasteiger partial charge on any atom is -0.493 e. The predicted molar refractivity (Wildman–Crippen MR) is 89.8 cm³/mol. The first-order valence-electron chi connectivity index (χ1n) is 7.24. The van der Waals surface area contributed by atoms with Gasteiger partial charge in [0.15, 0.2) is 11.5 Å². The van der Waals surface area contributed by atoms with E-state index in [1.807, 2.05) is 0 Å². The number of nitrogens with zero attached hydrogens (tertiary/aromatic N) is 1. The van der Waals surface area contributed by atoms with Crippen LogP contribution in [0.1, 0.15) is 22.0 Å². The first-order chi connectivity index (χ1) is 10.8. The monoisotopic (exact) mass is 313 g/mol. The summed E-state index contributed by atoms with van der Waals surface area (Å²) in [6, 6.07) is 8.65. The minimum atomic E-state index is 0.194. The third-order valence-corrected chi connectivity index (χ3v) is 5.01. The molecule has 3 rings (SSSR count). The minimum absolute atomic E-state index is 0.194. The van der Waals surface area contributed by atoms with Crippen molar-refractivity contribution in [2.24, 2.45) is 0 Å². The maximum atomic E-state index is 5.56. The Balaban J connectivity index is 2.12. The molecule has 0 unspecified atom stereocenters. The van der Waals surface area contributed by atoms with Crippen molar-refractivity contribution in [2.75, 3.05) is 27.3 Å².